The van der Waals surface area contributed by atoms with E-state index in [1.807, 2.05) is 10.7 Å². The smallest absolute Gasteiger partial charge is 0.173 e. The Morgan fingerprint density at radius 1 is 1.04 bits per heavy atom. The molecular weight excluding hydrogens is 344 g/mol. The minimum atomic E-state index is 0.134. The number of rotatable bonds is 6. The molecule has 0 N–H and O–H groups in total. The maximum Gasteiger partial charge on any atom is 0.173 e. The first-order valence-electron chi connectivity index (χ1n) is 9.07. The lowest BCUT2D eigenvalue weighted by molar-refractivity contribution is 0.123. The van der Waals surface area contributed by atoms with Crippen LogP contribution in [0.25, 0.3) is 0 Å². The zero-order valence-corrected chi connectivity index (χ0v) is 15.8. The molecule has 1 aliphatic rings. The van der Waals surface area contributed by atoms with E-state index in [9.17, 15) is 0 Å². The van der Waals surface area contributed by atoms with Crippen LogP contribution in [0.2, 0.25) is 0 Å². The highest BCUT2D eigenvalue weighted by Gasteiger charge is 2.30. The topological polar surface area (TPSA) is 50.1 Å². The van der Waals surface area contributed by atoms with Gasteiger partial charge in [-0.1, -0.05) is 36.4 Å². The van der Waals surface area contributed by atoms with Gasteiger partial charge in [0.05, 0.1) is 0 Å². The highest BCUT2D eigenvalue weighted by Crippen LogP contribution is 2.31. The summed E-state index contributed by atoms with van der Waals surface area (Å²) in [6.45, 7) is 5.01. The molecule has 3 aromatic rings. The van der Waals surface area contributed by atoms with Crippen molar-refractivity contribution in [2.75, 3.05) is 33.2 Å². The molecule has 4 rings (SSSR count). The quantitative estimate of drug-likeness (QED) is 0.668. The van der Waals surface area contributed by atoms with Crippen LogP contribution in [0.5, 0.6) is 0 Å². The molecular formula is C19H24N6S. The zero-order valence-electron chi connectivity index (χ0n) is 15.0. The third-order valence-electron chi connectivity index (χ3n) is 4.97. The Hall–Kier alpha value is -2.09. The van der Waals surface area contributed by atoms with Gasteiger partial charge in [-0.3, -0.25) is 4.90 Å². The van der Waals surface area contributed by atoms with E-state index in [0.717, 1.165) is 45.0 Å². The van der Waals surface area contributed by atoms with Gasteiger partial charge in [0, 0.05) is 37.6 Å². The maximum absolute atomic E-state index is 4.43. The van der Waals surface area contributed by atoms with Crippen molar-refractivity contribution in [2.24, 2.45) is 0 Å². The number of tetrazole rings is 1. The highest BCUT2D eigenvalue weighted by molar-refractivity contribution is 7.10. The fourth-order valence-electron chi connectivity index (χ4n) is 3.44. The van der Waals surface area contributed by atoms with Crippen LogP contribution >= 0.6 is 11.3 Å². The van der Waals surface area contributed by atoms with Gasteiger partial charge in [-0.05, 0) is 40.9 Å². The number of aryl methyl sites for hydroxylation is 2. The SMILES string of the molecule is CN1CCN(C(c2cccs2)c2nnnn2CCc2ccccc2)CC1. The van der Waals surface area contributed by atoms with Crippen LogP contribution in [0.15, 0.2) is 47.8 Å². The molecule has 0 radical (unpaired) electrons. The summed E-state index contributed by atoms with van der Waals surface area (Å²) < 4.78 is 1.98. The Bertz CT molecular complexity index is 793. The molecule has 2 aromatic heterocycles. The van der Waals surface area contributed by atoms with Gasteiger partial charge in [0.25, 0.3) is 0 Å². The summed E-state index contributed by atoms with van der Waals surface area (Å²) in [5.41, 5.74) is 1.31. The van der Waals surface area contributed by atoms with Crippen LogP contribution in [-0.2, 0) is 13.0 Å². The number of hydrogen-bond donors (Lipinski definition) is 0. The minimum Gasteiger partial charge on any atom is -0.304 e. The molecule has 0 saturated carbocycles. The molecule has 26 heavy (non-hydrogen) atoms. The summed E-state index contributed by atoms with van der Waals surface area (Å²) in [7, 11) is 2.18. The van der Waals surface area contributed by atoms with E-state index in [4.69, 9.17) is 0 Å². The number of hydrogen-bond acceptors (Lipinski definition) is 6. The predicted molar refractivity (Wildman–Crippen MR) is 103 cm³/mol. The van der Waals surface area contributed by atoms with Gasteiger partial charge in [-0.2, -0.15) is 0 Å². The molecule has 0 bridgehead atoms. The zero-order chi connectivity index (χ0) is 17.8. The summed E-state index contributed by atoms with van der Waals surface area (Å²) in [4.78, 5) is 6.20. The average Bonchev–Trinajstić information content (AvgIpc) is 3.36. The van der Waals surface area contributed by atoms with Crippen LogP contribution in [-0.4, -0.2) is 63.2 Å². The molecule has 6 nitrogen and oxygen atoms in total. The molecule has 1 fully saturated rings. The van der Waals surface area contributed by atoms with Gasteiger partial charge in [0.2, 0.25) is 0 Å². The van der Waals surface area contributed by atoms with E-state index in [1.54, 1.807) is 11.3 Å². The molecule has 1 unspecified atom stereocenters. The normalized spacial score (nSPS) is 17.4. The first kappa shape index (κ1) is 17.3. The lowest BCUT2D eigenvalue weighted by Gasteiger charge is -2.36. The van der Waals surface area contributed by atoms with E-state index < -0.39 is 0 Å². The first-order chi connectivity index (χ1) is 12.8. The summed E-state index contributed by atoms with van der Waals surface area (Å²) >= 11 is 1.78. The Balaban J connectivity index is 1.57. The molecule has 1 saturated heterocycles. The molecule has 1 aromatic carbocycles. The van der Waals surface area contributed by atoms with E-state index in [1.165, 1.54) is 10.4 Å². The van der Waals surface area contributed by atoms with E-state index >= 15 is 0 Å². The largest absolute Gasteiger partial charge is 0.304 e. The van der Waals surface area contributed by atoms with Crippen LogP contribution in [0, 0.1) is 0 Å². The van der Waals surface area contributed by atoms with Gasteiger partial charge >= 0.3 is 0 Å². The van der Waals surface area contributed by atoms with E-state index in [0.29, 0.717) is 0 Å². The Morgan fingerprint density at radius 3 is 2.58 bits per heavy atom. The monoisotopic (exact) mass is 368 g/mol. The van der Waals surface area contributed by atoms with Crippen molar-refractivity contribution in [1.82, 2.24) is 30.0 Å². The molecule has 136 valence electrons. The van der Waals surface area contributed by atoms with Crippen molar-refractivity contribution in [3.8, 4) is 0 Å². The van der Waals surface area contributed by atoms with Crippen LogP contribution in [0.4, 0.5) is 0 Å². The molecule has 1 atom stereocenters. The predicted octanol–water partition coefficient (Wildman–Crippen LogP) is 2.31. The number of piperazine rings is 1. The summed E-state index contributed by atoms with van der Waals surface area (Å²) in [5.74, 6) is 0.952. The number of aromatic nitrogens is 4. The van der Waals surface area contributed by atoms with Crippen molar-refractivity contribution >= 4 is 11.3 Å². The highest BCUT2D eigenvalue weighted by atomic mass is 32.1. The number of likely N-dealkylation sites (N-methyl/N-ethyl adjacent to an activating group) is 1. The van der Waals surface area contributed by atoms with Crippen LogP contribution in [0.3, 0.4) is 0 Å². The fraction of sp³-hybridized carbons (Fsp3) is 0.421. The second kappa shape index (κ2) is 8.07. The fourth-order valence-corrected chi connectivity index (χ4v) is 4.30. The molecule has 0 aliphatic carbocycles. The van der Waals surface area contributed by atoms with E-state index in [2.05, 4.69) is 74.2 Å². The van der Waals surface area contributed by atoms with Crippen molar-refractivity contribution in [1.29, 1.82) is 0 Å². The van der Waals surface area contributed by atoms with E-state index in [-0.39, 0.29) is 6.04 Å². The number of thiophene rings is 1. The third kappa shape index (κ3) is 3.85. The molecule has 0 spiro atoms. The van der Waals surface area contributed by atoms with Crippen LogP contribution < -0.4 is 0 Å². The number of nitrogens with zero attached hydrogens (tertiary/aromatic N) is 6. The second-order valence-electron chi connectivity index (χ2n) is 6.75. The van der Waals surface area contributed by atoms with Gasteiger partial charge in [-0.15, -0.1) is 16.4 Å². The average molecular weight is 369 g/mol. The van der Waals surface area contributed by atoms with Gasteiger partial charge < -0.3 is 4.90 Å². The lowest BCUT2D eigenvalue weighted by Crippen LogP contribution is -2.46. The standard InChI is InChI=1S/C19H24N6S/c1-23-11-13-24(14-12-23)18(17-8-5-15-26-17)19-20-21-22-25(19)10-9-16-6-3-2-4-7-16/h2-8,15,18H,9-14H2,1H3. The Labute approximate surface area is 158 Å². The lowest BCUT2D eigenvalue weighted by atomic mass is 10.1. The van der Waals surface area contributed by atoms with Gasteiger partial charge in [0.15, 0.2) is 5.82 Å². The summed E-state index contributed by atoms with van der Waals surface area (Å²) in [6, 6.07) is 15.0. The Kier molecular flexibility index (Phi) is 5.38. The Morgan fingerprint density at radius 2 is 1.85 bits per heavy atom. The maximum atomic E-state index is 4.43. The summed E-state index contributed by atoms with van der Waals surface area (Å²) in [5, 5.41) is 14.9. The second-order valence-corrected chi connectivity index (χ2v) is 7.73. The van der Waals surface area contributed by atoms with Crippen molar-refractivity contribution in [2.45, 2.75) is 19.0 Å². The number of benzene rings is 1. The molecule has 3 heterocycles. The third-order valence-corrected chi connectivity index (χ3v) is 5.90. The summed E-state index contributed by atoms with van der Waals surface area (Å²) in [6.07, 6.45) is 0.929. The molecule has 1 aliphatic heterocycles. The molecule has 0 amide bonds. The van der Waals surface area contributed by atoms with Gasteiger partial charge in [0.1, 0.15) is 6.04 Å². The van der Waals surface area contributed by atoms with Gasteiger partial charge in [-0.25, -0.2) is 4.68 Å². The van der Waals surface area contributed by atoms with Crippen LogP contribution in [0.1, 0.15) is 22.3 Å². The van der Waals surface area contributed by atoms with Crippen molar-refractivity contribution in [3.05, 3.63) is 64.1 Å². The minimum absolute atomic E-state index is 0.134. The van der Waals surface area contributed by atoms with Crippen molar-refractivity contribution in [3.63, 3.8) is 0 Å². The first-order valence-corrected chi connectivity index (χ1v) is 9.95. The van der Waals surface area contributed by atoms with Crippen molar-refractivity contribution < 1.29 is 0 Å². The molecule has 7 heteroatoms.